The molecule has 0 amide bonds. The first-order valence-electron chi connectivity index (χ1n) is 5.85. The van der Waals surface area contributed by atoms with Crippen LogP contribution in [0, 0.1) is 5.82 Å². The van der Waals surface area contributed by atoms with Gasteiger partial charge in [-0.25, -0.2) is 9.37 Å². The van der Waals surface area contributed by atoms with Gasteiger partial charge in [0.2, 0.25) is 0 Å². The molecule has 94 valence electrons. The molecule has 0 radical (unpaired) electrons. The summed E-state index contributed by atoms with van der Waals surface area (Å²) in [5.74, 6) is 1.67. The molecule has 1 aliphatic rings. The van der Waals surface area contributed by atoms with Gasteiger partial charge in [0.1, 0.15) is 23.2 Å². The Hall–Kier alpha value is -1.36. The van der Waals surface area contributed by atoms with Crippen molar-refractivity contribution in [2.45, 2.75) is 18.8 Å². The summed E-state index contributed by atoms with van der Waals surface area (Å²) in [6.45, 7) is 0. The van der Waals surface area contributed by atoms with Crippen LogP contribution in [0.5, 0.6) is 0 Å². The molecule has 3 rings (SSSR count). The quantitative estimate of drug-likeness (QED) is 0.923. The maximum Gasteiger partial charge on any atom is 0.132 e. The number of rotatable bonds is 2. The van der Waals surface area contributed by atoms with Crippen LogP contribution in [-0.4, -0.2) is 9.55 Å². The molecule has 2 N–H and O–H groups in total. The minimum atomic E-state index is -0.301. The van der Waals surface area contributed by atoms with Crippen molar-refractivity contribution in [1.29, 1.82) is 0 Å². The van der Waals surface area contributed by atoms with Crippen molar-refractivity contribution >= 4 is 21.7 Å². The summed E-state index contributed by atoms with van der Waals surface area (Å²) in [6.07, 6.45) is 2.29. The van der Waals surface area contributed by atoms with Gasteiger partial charge in [-0.05, 0) is 31.0 Å². The van der Waals surface area contributed by atoms with Gasteiger partial charge in [-0.1, -0.05) is 15.9 Å². The van der Waals surface area contributed by atoms with Crippen molar-refractivity contribution in [3.05, 3.63) is 34.3 Å². The van der Waals surface area contributed by atoms with Gasteiger partial charge in [0, 0.05) is 23.0 Å². The molecule has 1 heterocycles. The van der Waals surface area contributed by atoms with E-state index < -0.39 is 0 Å². The third-order valence-corrected chi connectivity index (χ3v) is 3.79. The lowest BCUT2D eigenvalue weighted by atomic mass is 10.1. The lowest BCUT2D eigenvalue weighted by molar-refractivity contribution is 0.630. The number of hydrogen-bond acceptors (Lipinski definition) is 2. The van der Waals surface area contributed by atoms with Crippen LogP contribution in [0.1, 0.15) is 24.6 Å². The molecule has 1 aromatic carbocycles. The van der Waals surface area contributed by atoms with Gasteiger partial charge >= 0.3 is 0 Å². The normalized spacial score (nSPS) is 15.1. The molecule has 0 atom stereocenters. The van der Waals surface area contributed by atoms with Crippen molar-refractivity contribution in [2.24, 2.45) is 7.05 Å². The first kappa shape index (κ1) is 11.7. The van der Waals surface area contributed by atoms with E-state index in [0.717, 1.165) is 23.1 Å². The fourth-order valence-electron chi connectivity index (χ4n) is 2.11. The van der Waals surface area contributed by atoms with Gasteiger partial charge in [0.25, 0.3) is 0 Å². The molecule has 0 spiro atoms. The Labute approximate surface area is 113 Å². The summed E-state index contributed by atoms with van der Waals surface area (Å²) in [6, 6.07) is 4.80. The van der Waals surface area contributed by atoms with Gasteiger partial charge < -0.3 is 10.3 Å². The number of hydrogen-bond donors (Lipinski definition) is 1. The zero-order valence-corrected chi connectivity index (χ0v) is 11.5. The van der Waals surface area contributed by atoms with E-state index in [0.29, 0.717) is 23.0 Å². The second kappa shape index (κ2) is 4.09. The third-order valence-electron chi connectivity index (χ3n) is 3.30. The van der Waals surface area contributed by atoms with Crippen molar-refractivity contribution < 1.29 is 4.39 Å². The van der Waals surface area contributed by atoms with Crippen LogP contribution in [0.2, 0.25) is 0 Å². The van der Waals surface area contributed by atoms with E-state index in [-0.39, 0.29) is 5.82 Å². The standard InChI is InChI=1S/C13H13BrFN3/c1-18-12(16)11(17-13(18)7-2-3-7)9-6-8(14)4-5-10(9)15/h4-7H,2-3,16H2,1H3. The molecule has 0 bridgehead atoms. The first-order valence-corrected chi connectivity index (χ1v) is 6.64. The Morgan fingerprint density at radius 3 is 2.83 bits per heavy atom. The Bertz CT molecular complexity index is 617. The van der Waals surface area contributed by atoms with Crippen LogP contribution >= 0.6 is 15.9 Å². The Kier molecular flexibility index (Phi) is 2.66. The lowest BCUT2D eigenvalue weighted by Crippen LogP contribution is -2.00. The second-order valence-corrected chi connectivity index (χ2v) is 5.58. The summed E-state index contributed by atoms with van der Waals surface area (Å²) in [4.78, 5) is 4.52. The molecular weight excluding hydrogens is 297 g/mol. The van der Waals surface area contributed by atoms with Gasteiger partial charge in [0.15, 0.2) is 0 Å². The number of halogens is 2. The van der Waals surface area contributed by atoms with Crippen LogP contribution in [0.25, 0.3) is 11.3 Å². The monoisotopic (exact) mass is 309 g/mol. The Balaban J connectivity index is 2.16. The highest BCUT2D eigenvalue weighted by Crippen LogP contribution is 2.42. The number of anilines is 1. The van der Waals surface area contributed by atoms with E-state index in [4.69, 9.17) is 5.73 Å². The SMILES string of the molecule is Cn1c(C2CC2)nc(-c2cc(Br)ccc2F)c1N. The minimum Gasteiger partial charge on any atom is -0.383 e. The van der Waals surface area contributed by atoms with E-state index in [9.17, 15) is 4.39 Å². The average molecular weight is 310 g/mol. The fraction of sp³-hybridized carbons (Fsp3) is 0.308. The maximum absolute atomic E-state index is 13.9. The van der Waals surface area contributed by atoms with E-state index in [1.165, 1.54) is 6.07 Å². The van der Waals surface area contributed by atoms with Gasteiger partial charge in [-0.3, -0.25) is 0 Å². The van der Waals surface area contributed by atoms with E-state index in [1.54, 1.807) is 12.1 Å². The topological polar surface area (TPSA) is 43.8 Å². The van der Waals surface area contributed by atoms with Crippen LogP contribution in [0.4, 0.5) is 10.2 Å². The van der Waals surface area contributed by atoms with Gasteiger partial charge in [0.05, 0.1) is 0 Å². The summed E-state index contributed by atoms with van der Waals surface area (Å²) in [7, 11) is 1.88. The molecule has 5 heteroatoms. The molecule has 2 aromatic rings. The zero-order chi connectivity index (χ0) is 12.9. The predicted molar refractivity (Wildman–Crippen MR) is 72.7 cm³/mol. The zero-order valence-electron chi connectivity index (χ0n) is 9.95. The second-order valence-electron chi connectivity index (χ2n) is 4.66. The number of benzene rings is 1. The summed E-state index contributed by atoms with van der Waals surface area (Å²) in [5, 5.41) is 0. The Morgan fingerprint density at radius 1 is 1.44 bits per heavy atom. The van der Waals surface area contributed by atoms with Crippen molar-refractivity contribution in [1.82, 2.24) is 9.55 Å². The van der Waals surface area contributed by atoms with Crippen molar-refractivity contribution in [3.63, 3.8) is 0 Å². The van der Waals surface area contributed by atoms with Gasteiger partial charge in [-0.2, -0.15) is 0 Å². The molecule has 1 aromatic heterocycles. The molecule has 1 aliphatic carbocycles. The number of imidazole rings is 1. The molecule has 0 unspecified atom stereocenters. The first-order chi connectivity index (χ1) is 8.58. The number of aromatic nitrogens is 2. The minimum absolute atomic E-state index is 0.301. The third kappa shape index (κ3) is 1.82. The van der Waals surface area contributed by atoms with Crippen molar-refractivity contribution in [3.8, 4) is 11.3 Å². The average Bonchev–Trinajstić information content (AvgIpc) is 3.13. The molecular formula is C13H13BrFN3. The molecule has 3 nitrogen and oxygen atoms in total. The van der Waals surface area contributed by atoms with Crippen LogP contribution in [0.3, 0.4) is 0 Å². The molecule has 1 saturated carbocycles. The lowest BCUT2D eigenvalue weighted by Gasteiger charge is -2.03. The number of nitrogens with zero attached hydrogens (tertiary/aromatic N) is 2. The largest absolute Gasteiger partial charge is 0.383 e. The Morgan fingerprint density at radius 2 is 2.17 bits per heavy atom. The maximum atomic E-state index is 13.9. The predicted octanol–water partition coefficient (Wildman–Crippen LogP) is 3.45. The smallest absolute Gasteiger partial charge is 0.132 e. The van der Waals surface area contributed by atoms with E-state index in [2.05, 4.69) is 20.9 Å². The van der Waals surface area contributed by atoms with Crippen LogP contribution < -0.4 is 5.73 Å². The summed E-state index contributed by atoms with van der Waals surface area (Å²) in [5.41, 5.74) is 7.03. The van der Waals surface area contributed by atoms with Crippen LogP contribution in [0.15, 0.2) is 22.7 Å². The number of nitrogen functional groups attached to an aromatic ring is 1. The highest BCUT2D eigenvalue weighted by molar-refractivity contribution is 9.10. The summed E-state index contributed by atoms with van der Waals surface area (Å²) < 4.78 is 16.6. The molecule has 1 fully saturated rings. The summed E-state index contributed by atoms with van der Waals surface area (Å²) >= 11 is 3.34. The molecule has 0 aliphatic heterocycles. The van der Waals surface area contributed by atoms with E-state index in [1.807, 2.05) is 11.6 Å². The van der Waals surface area contributed by atoms with Crippen molar-refractivity contribution in [2.75, 3.05) is 5.73 Å². The highest BCUT2D eigenvalue weighted by atomic mass is 79.9. The fourth-order valence-corrected chi connectivity index (χ4v) is 2.47. The molecule has 0 saturated heterocycles. The molecule has 18 heavy (non-hydrogen) atoms. The highest BCUT2D eigenvalue weighted by Gasteiger charge is 2.30. The van der Waals surface area contributed by atoms with Gasteiger partial charge in [-0.15, -0.1) is 0 Å². The number of nitrogens with two attached hydrogens (primary N) is 1. The van der Waals surface area contributed by atoms with E-state index >= 15 is 0 Å². The van der Waals surface area contributed by atoms with Crippen LogP contribution in [-0.2, 0) is 7.05 Å².